The third kappa shape index (κ3) is 4.05. The van der Waals surface area contributed by atoms with Gasteiger partial charge in [-0.05, 0) is 68.8 Å². The van der Waals surface area contributed by atoms with Crippen LogP contribution in [0.1, 0.15) is 29.8 Å². The molecule has 0 aliphatic rings. The Kier molecular flexibility index (Phi) is 4.58. The SMILES string of the molecule is Cc1cc(F)ccc1C(=O)Nc1ccc(OC(C)C)cc1. The van der Waals surface area contributed by atoms with E-state index >= 15 is 0 Å². The van der Waals surface area contributed by atoms with Gasteiger partial charge < -0.3 is 10.1 Å². The summed E-state index contributed by atoms with van der Waals surface area (Å²) in [6.45, 7) is 5.61. The van der Waals surface area contributed by atoms with Crippen LogP contribution >= 0.6 is 0 Å². The fraction of sp³-hybridized carbons (Fsp3) is 0.235. The van der Waals surface area contributed by atoms with Gasteiger partial charge in [-0.25, -0.2) is 4.39 Å². The second kappa shape index (κ2) is 6.39. The van der Waals surface area contributed by atoms with Crippen molar-refractivity contribution in [3.05, 3.63) is 59.4 Å². The Bertz CT molecular complexity index is 636. The van der Waals surface area contributed by atoms with Gasteiger partial charge in [-0.1, -0.05) is 0 Å². The quantitative estimate of drug-likeness (QED) is 0.916. The number of benzene rings is 2. The Morgan fingerprint density at radius 2 is 1.81 bits per heavy atom. The first kappa shape index (κ1) is 15.0. The molecule has 0 saturated heterocycles. The van der Waals surface area contributed by atoms with Gasteiger partial charge in [-0.15, -0.1) is 0 Å². The van der Waals surface area contributed by atoms with Crippen LogP contribution < -0.4 is 10.1 Å². The molecule has 0 aliphatic carbocycles. The average Bonchev–Trinajstić information content (AvgIpc) is 2.40. The molecule has 0 unspecified atom stereocenters. The van der Waals surface area contributed by atoms with Crippen molar-refractivity contribution in [1.29, 1.82) is 0 Å². The monoisotopic (exact) mass is 287 g/mol. The number of rotatable bonds is 4. The second-order valence-electron chi connectivity index (χ2n) is 5.10. The second-order valence-corrected chi connectivity index (χ2v) is 5.10. The molecule has 3 nitrogen and oxygen atoms in total. The molecular formula is C17H18FNO2. The number of carbonyl (C=O) groups is 1. The summed E-state index contributed by atoms with van der Waals surface area (Å²) in [4.78, 5) is 12.1. The van der Waals surface area contributed by atoms with Crippen LogP contribution in [0.25, 0.3) is 0 Å². The van der Waals surface area contributed by atoms with Crippen molar-refractivity contribution in [2.45, 2.75) is 26.9 Å². The minimum absolute atomic E-state index is 0.104. The smallest absolute Gasteiger partial charge is 0.255 e. The van der Waals surface area contributed by atoms with Gasteiger partial charge in [0, 0.05) is 11.3 Å². The topological polar surface area (TPSA) is 38.3 Å². The first-order valence-corrected chi connectivity index (χ1v) is 6.80. The van der Waals surface area contributed by atoms with Crippen LogP contribution in [-0.4, -0.2) is 12.0 Å². The predicted molar refractivity (Wildman–Crippen MR) is 81.3 cm³/mol. The van der Waals surface area contributed by atoms with Crippen LogP contribution in [0.15, 0.2) is 42.5 Å². The predicted octanol–water partition coefficient (Wildman–Crippen LogP) is 4.17. The van der Waals surface area contributed by atoms with Crippen molar-refractivity contribution in [2.24, 2.45) is 0 Å². The molecule has 0 saturated carbocycles. The molecule has 0 heterocycles. The Morgan fingerprint density at radius 3 is 2.38 bits per heavy atom. The summed E-state index contributed by atoms with van der Waals surface area (Å²) in [6.07, 6.45) is 0.104. The highest BCUT2D eigenvalue weighted by Gasteiger charge is 2.10. The van der Waals surface area contributed by atoms with E-state index in [1.807, 2.05) is 13.8 Å². The number of ether oxygens (including phenoxy) is 1. The fourth-order valence-electron chi connectivity index (χ4n) is 1.97. The molecule has 0 atom stereocenters. The van der Waals surface area contributed by atoms with Crippen LogP contribution in [0, 0.1) is 12.7 Å². The molecule has 0 spiro atoms. The van der Waals surface area contributed by atoms with E-state index in [4.69, 9.17) is 4.74 Å². The number of amides is 1. The molecule has 1 amide bonds. The number of hydrogen-bond donors (Lipinski definition) is 1. The molecular weight excluding hydrogens is 269 g/mol. The van der Waals surface area contributed by atoms with E-state index in [9.17, 15) is 9.18 Å². The van der Waals surface area contributed by atoms with Gasteiger partial charge in [0.05, 0.1) is 6.10 Å². The molecule has 4 heteroatoms. The Hall–Kier alpha value is -2.36. The van der Waals surface area contributed by atoms with Gasteiger partial charge in [0.15, 0.2) is 0 Å². The summed E-state index contributed by atoms with van der Waals surface area (Å²) >= 11 is 0. The Balaban J connectivity index is 2.08. The average molecular weight is 287 g/mol. The number of hydrogen-bond acceptors (Lipinski definition) is 2. The number of aryl methyl sites for hydroxylation is 1. The first-order chi connectivity index (χ1) is 9.95. The Morgan fingerprint density at radius 1 is 1.14 bits per heavy atom. The van der Waals surface area contributed by atoms with E-state index in [0.717, 1.165) is 5.75 Å². The maximum absolute atomic E-state index is 13.0. The van der Waals surface area contributed by atoms with Gasteiger partial charge in [0.1, 0.15) is 11.6 Å². The standard InChI is InChI=1S/C17H18FNO2/c1-11(2)21-15-7-5-14(6-8-15)19-17(20)16-9-4-13(18)10-12(16)3/h4-11H,1-3H3,(H,19,20). The van der Waals surface area contributed by atoms with Crippen molar-refractivity contribution in [3.63, 3.8) is 0 Å². The van der Waals surface area contributed by atoms with E-state index in [1.54, 1.807) is 31.2 Å². The van der Waals surface area contributed by atoms with Gasteiger partial charge >= 0.3 is 0 Å². The lowest BCUT2D eigenvalue weighted by molar-refractivity contribution is 0.102. The van der Waals surface area contributed by atoms with Crippen LogP contribution in [-0.2, 0) is 0 Å². The third-order valence-corrected chi connectivity index (χ3v) is 2.92. The number of halogens is 1. The summed E-state index contributed by atoms with van der Waals surface area (Å²) in [5.41, 5.74) is 1.73. The minimum Gasteiger partial charge on any atom is -0.491 e. The molecule has 0 radical (unpaired) electrons. The van der Waals surface area contributed by atoms with Crippen LogP contribution in [0.2, 0.25) is 0 Å². The highest BCUT2D eigenvalue weighted by Crippen LogP contribution is 2.18. The summed E-state index contributed by atoms with van der Waals surface area (Å²) in [5.74, 6) is 0.144. The maximum Gasteiger partial charge on any atom is 0.255 e. The molecule has 110 valence electrons. The van der Waals surface area contributed by atoms with Crippen molar-refractivity contribution >= 4 is 11.6 Å². The fourth-order valence-corrected chi connectivity index (χ4v) is 1.97. The zero-order chi connectivity index (χ0) is 15.4. The third-order valence-electron chi connectivity index (χ3n) is 2.92. The molecule has 2 aromatic carbocycles. The summed E-state index contributed by atoms with van der Waals surface area (Å²) in [6, 6.07) is 11.2. The van der Waals surface area contributed by atoms with E-state index in [-0.39, 0.29) is 17.8 Å². The molecule has 21 heavy (non-hydrogen) atoms. The van der Waals surface area contributed by atoms with E-state index in [2.05, 4.69) is 5.32 Å². The molecule has 0 fully saturated rings. The number of anilines is 1. The molecule has 0 bridgehead atoms. The van der Waals surface area contributed by atoms with Crippen LogP contribution in [0.5, 0.6) is 5.75 Å². The number of carbonyl (C=O) groups excluding carboxylic acids is 1. The number of nitrogens with one attached hydrogen (secondary N) is 1. The molecule has 0 aromatic heterocycles. The van der Waals surface area contributed by atoms with E-state index in [0.29, 0.717) is 16.8 Å². The highest BCUT2D eigenvalue weighted by atomic mass is 19.1. The normalized spacial score (nSPS) is 10.5. The highest BCUT2D eigenvalue weighted by molar-refractivity contribution is 6.05. The van der Waals surface area contributed by atoms with Crippen molar-refractivity contribution in [2.75, 3.05) is 5.32 Å². The van der Waals surface area contributed by atoms with E-state index < -0.39 is 0 Å². The van der Waals surface area contributed by atoms with Gasteiger partial charge in [-0.3, -0.25) is 4.79 Å². The summed E-state index contributed by atoms with van der Waals surface area (Å²) in [5, 5.41) is 2.78. The van der Waals surface area contributed by atoms with Gasteiger partial charge in [0.2, 0.25) is 0 Å². The molecule has 2 aromatic rings. The molecule has 1 N–H and O–H groups in total. The lowest BCUT2D eigenvalue weighted by atomic mass is 10.1. The summed E-state index contributed by atoms with van der Waals surface area (Å²) in [7, 11) is 0. The van der Waals surface area contributed by atoms with Crippen molar-refractivity contribution in [1.82, 2.24) is 0 Å². The minimum atomic E-state index is -0.348. The maximum atomic E-state index is 13.0. The molecule has 2 rings (SSSR count). The zero-order valence-electron chi connectivity index (χ0n) is 12.3. The largest absolute Gasteiger partial charge is 0.491 e. The zero-order valence-corrected chi connectivity index (χ0v) is 12.3. The van der Waals surface area contributed by atoms with Crippen LogP contribution in [0.3, 0.4) is 0 Å². The van der Waals surface area contributed by atoms with Crippen molar-refractivity contribution < 1.29 is 13.9 Å². The van der Waals surface area contributed by atoms with E-state index in [1.165, 1.54) is 18.2 Å². The van der Waals surface area contributed by atoms with Crippen molar-refractivity contribution in [3.8, 4) is 5.75 Å². The lowest BCUT2D eigenvalue weighted by Crippen LogP contribution is -2.13. The van der Waals surface area contributed by atoms with Gasteiger partial charge in [-0.2, -0.15) is 0 Å². The van der Waals surface area contributed by atoms with Gasteiger partial charge in [0.25, 0.3) is 5.91 Å². The summed E-state index contributed by atoms with van der Waals surface area (Å²) < 4.78 is 18.6. The first-order valence-electron chi connectivity index (χ1n) is 6.80. The lowest BCUT2D eigenvalue weighted by Gasteiger charge is -2.11. The van der Waals surface area contributed by atoms with Crippen LogP contribution in [0.4, 0.5) is 10.1 Å². The Labute approximate surface area is 123 Å². The molecule has 0 aliphatic heterocycles.